The zero-order chi connectivity index (χ0) is 10.0. The first-order valence-corrected chi connectivity index (χ1v) is 4.90. The van der Waals surface area contributed by atoms with Crippen LogP contribution in [-0.4, -0.2) is 33.7 Å². The molecule has 0 radical (unpaired) electrons. The summed E-state index contributed by atoms with van der Waals surface area (Å²) in [7, 11) is 1.81. The van der Waals surface area contributed by atoms with Gasteiger partial charge < -0.3 is 10.5 Å². The van der Waals surface area contributed by atoms with E-state index >= 15 is 0 Å². The molecule has 14 heavy (non-hydrogen) atoms. The molecule has 0 aliphatic carbocycles. The Morgan fingerprint density at radius 2 is 2.57 bits per heavy atom. The van der Waals surface area contributed by atoms with Crippen molar-refractivity contribution in [3.63, 3.8) is 0 Å². The van der Waals surface area contributed by atoms with Crippen LogP contribution in [0.4, 0.5) is 0 Å². The Morgan fingerprint density at radius 3 is 3.14 bits per heavy atom. The van der Waals surface area contributed by atoms with E-state index in [-0.39, 0.29) is 5.54 Å². The number of nitrogens with zero attached hydrogens (tertiary/aromatic N) is 3. The molecule has 2 N–H and O–H groups in total. The third-order valence-corrected chi connectivity index (χ3v) is 2.53. The third-order valence-electron chi connectivity index (χ3n) is 2.53. The monoisotopic (exact) mass is 196 g/mol. The van der Waals surface area contributed by atoms with Crippen molar-refractivity contribution < 1.29 is 4.74 Å². The fraction of sp³-hybridized carbons (Fsp3) is 0.778. The molecular weight excluding hydrogens is 180 g/mol. The van der Waals surface area contributed by atoms with Crippen molar-refractivity contribution in [2.45, 2.75) is 24.8 Å². The molecular formula is C9H16N4O. The van der Waals surface area contributed by atoms with E-state index < -0.39 is 0 Å². The van der Waals surface area contributed by atoms with Gasteiger partial charge in [0.05, 0.1) is 18.5 Å². The number of hydrogen-bond acceptors (Lipinski definition) is 4. The van der Waals surface area contributed by atoms with Crippen LogP contribution in [0.5, 0.6) is 0 Å². The highest BCUT2D eigenvalue weighted by molar-refractivity contribution is 5.02. The summed E-state index contributed by atoms with van der Waals surface area (Å²) in [6, 6.07) is 0. The number of nitrogens with two attached hydrogens (primary N) is 1. The van der Waals surface area contributed by atoms with Crippen molar-refractivity contribution in [1.29, 1.82) is 0 Å². The Morgan fingerprint density at radius 1 is 1.71 bits per heavy atom. The highest BCUT2D eigenvalue weighted by Crippen LogP contribution is 2.19. The molecule has 1 unspecified atom stereocenters. The average molecular weight is 196 g/mol. The second-order valence-corrected chi connectivity index (χ2v) is 4.02. The van der Waals surface area contributed by atoms with Crippen molar-refractivity contribution in [3.8, 4) is 0 Å². The smallest absolute Gasteiger partial charge is 0.0846 e. The van der Waals surface area contributed by atoms with Gasteiger partial charge in [-0.05, 0) is 12.8 Å². The molecule has 0 bridgehead atoms. The maximum Gasteiger partial charge on any atom is 0.0846 e. The van der Waals surface area contributed by atoms with Crippen molar-refractivity contribution in [2.75, 3.05) is 13.2 Å². The van der Waals surface area contributed by atoms with Gasteiger partial charge in [0.15, 0.2) is 0 Å². The minimum Gasteiger partial charge on any atom is -0.380 e. The number of aromatic nitrogens is 3. The molecule has 2 heterocycles. The number of rotatable bonds is 2. The second kappa shape index (κ2) is 3.67. The normalized spacial score (nSPS) is 27.9. The van der Waals surface area contributed by atoms with Crippen molar-refractivity contribution >= 4 is 0 Å². The predicted octanol–water partition coefficient (Wildman–Crippen LogP) is -0.135. The summed E-state index contributed by atoms with van der Waals surface area (Å²) in [5, 5.41) is 8.24. The van der Waals surface area contributed by atoms with Crippen LogP contribution in [0.3, 0.4) is 0 Å². The zero-order valence-electron chi connectivity index (χ0n) is 8.44. The van der Waals surface area contributed by atoms with Crippen molar-refractivity contribution in [1.82, 2.24) is 15.0 Å². The number of hydrogen-bond donors (Lipinski definition) is 1. The summed E-state index contributed by atoms with van der Waals surface area (Å²) in [4.78, 5) is 1.56. The van der Waals surface area contributed by atoms with Crippen molar-refractivity contribution in [2.24, 2.45) is 12.8 Å². The first-order valence-electron chi connectivity index (χ1n) is 4.90. The first kappa shape index (κ1) is 9.61. The van der Waals surface area contributed by atoms with Gasteiger partial charge in [-0.15, -0.1) is 0 Å². The Labute approximate surface area is 83.2 Å². The fourth-order valence-corrected chi connectivity index (χ4v) is 1.84. The summed E-state index contributed by atoms with van der Waals surface area (Å²) >= 11 is 0. The van der Waals surface area contributed by atoms with Gasteiger partial charge in [-0.25, -0.2) is 0 Å². The van der Waals surface area contributed by atoms with Crippen LogP contribution in [0.15, 0.2) is 6.20 Å². The standard InChI is InChI=1S/C9H16N4O/c1-13-11-6-8(12-13)5-9(10)3-2-4-14-7-9/h6H,2-5,7,10H2,1H3. The Hall–Kier alpha value is -0.940. The van der Waals surface area contributed by atoms with Crippen LogP contribution in [0.2, 0.25) is 0 Å². The van der Waals surface area contributed by atoms with E-state index in [9.17, 15) is 0 Å². The summed E-state index contributed by atoms with van der Waals surface area (Å²) in [6.07, 6.45) is 4.56. The lowest BCUT2D eigenvalue weighted by molar-refractivity contribution is 0.0378. The van der Waals surface area contributed by atoms with E-state index in [1.54, 1.807) is 11.0 Å². The predicted molar refractivity (Wildman–Crippen MR) is 51.7 cm³/mol. The van der Waals surface area contributed by atoms with E-state index in [1.807, 2.05) is 7.05 Å². The molecule has 2 rings (SSSR count). The lowest BCUT2D eigenvalue weighted by Gasteiger charge is -2.32. The summed E-state index contributed by atoms with van der Waals surface area (Å²) in [5.74, 6) is 0. The third kappa shape index (κ3) is 2.10. The topological polar surface area (TPSA) is 66.0 Å². The Balaban J connectivity index is 2.01. The molecule has 1 aromatic heterocycles. The van der Waals surface area contributed by atoms with Crippen LogP contribution < -0.4 is 5.73 Å². The van der Waals surface area contributed by atoms with E-state index in [0.717, 1.165) is 31.6 Å². The largest absolute Gasteiger partial charge is 0.380 e. The lowest BCUT2D eigenvalue weighted by Crippen LogP contribution is -2.49. The van der Waals surface area contributed by atoms with Crippen LogP contribution in [0.25, 0.3) is 0 Å². The van der Waals surface area contributed by atoms with Crippen molar-refractivity contribution in [3.05, 3.63) is 11.9 Å². The second-order valence-electron chi connectivity index (χ2n) is 4.02. The SMILES string of the molecule is Cn1ncc(CC2(N)CCCOC2)n1. The molecule has 5 heteroatoms. The van der Waals surface area contributed by atoms with Crippen LogP contribution >= 0.6 is 0 Å². The van der Waals surface area contributed by atoms with Crippen LogP contribution in [0.1, 0.15) is 18.5 Å². The quantitative estimate of drug-likeness (QED) is 0.715. The molecule has 78 valence electrons. The van der Waals surface area contributed by atoms with Crippen LogP contribution in [-0.2, 0) is 18.2 Å². The number of ether oxygens (including phenoxy) is 1. The molecule has 5 nitrogen and oxygen atoms in total. The minimum atomic E-state index is -0.242. The molecule has 0 saturated carbocycles. The highest BCUT2D eigenvalue weighted by atomic mass is 16.5. The van der Waals surface area contributed by atoms with Gasteiger partial charge in [0, 0.05) is 25.6 Å². The minimum absolute atomic E-state index is 0.242. The summed E-state index contributed by atoms with van der Waals surface area (Å²) in [6.45, 7) is 1.46. The van der Waals surface area contributed by atoms with Gasteiger partial charge in [0.2, 0.25) is 0 Å². The number of aryl methyl sites for hydroxylation is 1. The maximum atomic E-state index is 6.20. The summed E-state index contributed by atoms with van der Waals surface area (Å²) in [5.41, 5.74) is 6.90. The van der Waals surface area contributed by atoms with Gasteiger partial charge in [0.25, 0.3) is 0 Å². The van der Waals surface area contributed by atoms with Gasteiger partial charge >= 0.3 is 0 Å². The van der Waals surface area contributed by atoms with E-state index in [1.165, 1.54) is 0 Å². The molecule has 1 atom stereocenters. The zero-order valence-corrected chi connectivity index (χ0v) is 8.44. The van der Waals surface area contributed by atoms with E-state index in [0.29, 0.717) is 6.61 Å². The van der Waals surface area contributed by atoms with Gasteiger partial charge in [-0.3, -0.25) is 0 Å². The fourth-order valence-electron chi connectivity index (χ4n) is 1.84. The average Bonchev–Trinajstić information content (AvgIpc) is 2.51. The summed E-state index contributed by atoms with van der Waals surface area (Å²) < 4.78 is 5.38. The molecule has 0 spiro atoms. The molecule has 1 fully saturated rings. The molecule has 1 saturated heterocycles. The molecule has 0 amide bonds. The molecule has 1 aromatic rings. The molecule has 0 aromatic carbocycles. The lowest BCUT2D eigenvalue weighted by atomic mass is 9.89. The molecule has 1 aliphatic heterocycles. The first-order chi connectivity index (χ1) is 6.68. The van der Waals surface area contributed by atoms with E-state index in [2.05, 4.69) is 10.2 Å². The maximum absolute atomic E-state index is 6.20. The van der Waals surface area contributed by atoms with Gasteiger partial charge in [-0.1, -0.05) is 0 Å². The Kier molecular flexibility index (Phi) is 2.52. The van der Waals surface area contributed by atoms with E-state index in [4.69, 9.17) is 10.5 Å². The van der Waals surface area contributed by atoms with Crippen LogP contribution in [0, 0.1) is 0 Å². The van der Waals surface area contributed by atoms with Gasteiger partial charge in [-0.2, -0.15) is 15.0 Å². The molecule has 1 aliphatic rings. The van der Waals surface area contributed by atoms with Gasteiger partial charge in [0.1, 0.15) is 0 Å². The Bertz CT molecular complexity index is 304. The highest BCUT2D eigenvalue weighted by Gasteiger charge is 2.29.